The van der Waals surface area contributed by atoms with Crippen LogP contribution in [0.15, 0.2) is 18.3 Å². The molecule has 3 heterocycles. The number of primary amides is 2. The fourth-order valence-electron chi connectivity index (χ4n) is 6.34. The Morgan fingerprint density at radius 1 is 1.06 bits per heavy atom. The van der Waals surface area contributed by atoms with Crippen LogP contribution in [0, 0.1) is 29.1 Å². The number of aromatic nitrogens is 2. The SMILES string of the molecule is CC1(C)Cc2c(-c3cc(NC(=O)[C@H]4C[C@H]5C[C@H](C(N)=O)C[C@H]5C4)ncc3Cl)cc(C(N)=O)n2C1. The van der Waals surface area contributed by atoms with E-state index in [2.05, 4.69) is 24.1 Å². The van der Waals surface area contributed by atoms with Crippen molar-refractivity contribution in [1.29, 1.82) is 0 Å². The molecular formula is C25H30ClN5O3. The van der Waals surface area contributed by atoms with Crippen LogP contribution in [0.1, 0.15) is 55.7 Å². The molecule has 0 saturated heterocycles. The maximum atomic E-state index is 13.0. The van der Waals surface area contributed by atoms with E-state index in [-0.39, 0.29) is 29.1 Å². The molecule has 0 spiro atoms. The van der Waals surface area contributed by atoms with Gasteiger partial charge < -0.3 is 21.4 Å². The lowest BCUT2D eigenvalue weighted by molar-refractivity contribution is -0.121. The molecule has 5 rings (SSSR count). The van der Waals surface area contributed by atoms with E-state index in [0.717, 1.165) is 43.4 Å². The van der Waals surface area contributed by atoms with Gasteiger partial charge in [-0.3, -0.25) is 14.4 Å². The number of anilines is 1. The van der Waals surface area contributed by atoms with Crippen LogP contribution in [0.5, 0.6) is 0 Å². The smallest absolute Gasteiger partial charge is 0.265 e. The van der Waals surface area contributed by atoms with E-state index in [1.54, 1.807) is 12.1 Å². The number of nitrogens with zero attached hydrogens (tertiary/aromatic N) is 2. The summed E-state index contributed by atoms with van der Waals surface area (Å²) in [7, 11) is 0. The number of halogens is 1. The van der Waals surface area contributed by atoms with Gasteiger partial charge in [0.1, 0.15) is 11.5 Å². The minimum Gasteiger partial charge on any atom is -0.369 e. The highest BCUT2D eigenvalue weighted by Gasteiger charge is 2.45. The average molecular weight is 484 g/mol. The van der Waals surface area contributed by atoms with Crippen LogP contribution >= 0.6 is 11.6 Å². The molecule has 0 bridgehead atoms. The monoisotopic (exact) mass is 483 g/mol. The van der Waals surface area contributed by atoms with Gasteiger partial charge >= 0.3 is 0 Å². The van der Waals surface area contributed by atoms with E-state index >= 15 is 0 Å². The van der Waals surface area contributed by atoms with Crippen LogP contribution in [-0.2, 0) is 22.6 Å². The van der Waals surface area contributed by atoms with E-state index in [1.807, 2.05) is 4.57 Å². The van der Waals surface area contributed by atoms with Gasteiger partial charge in [-0.05, 0) is 61.5 Å². The molecule has 9 heteroatoms. The van der Waals surface area contributed by atoms with Crippen molar-refractivity contribution in [3.05, 3.63) is 34.7 Å². The van der Waals surface area contributed by atoms with E-state index in [4.69, 9.17) is 23.1 Å². The Labute approximate surface area is 203 Å². The third-order valence-electron chi connectivity index (χ3n) is 7.88. The van der Waals surface area contributed by atoms with Gasteiger partial charge in [0.2, 0.25) is 11.8 Å². The summed E-state index contributed by atoms with van der Waals surface area (Å²) in [6.07, 6.45) is 5.42. The van der Waals surface area contributed by atoms with Crippen LogP contribution in [0.4, 0.5) is 5.82 Å². The fourth-order valence-corrected chi connectivity index (χ4v) is 6.54. The predicted molar refractivity (Wildman–Crippen MR) is 129 cm³/mol. The number of pyridine rings is 1. The fraction of sp³-hybridized carbons (Fsp3) is 0.520. The minimum atomic E-state index is -0.478. The van der Waals surface area contributed by atoms with E-state index in [0.29, 0.717) is 40.5 Å². The molecule has 3 aliphatic rings. The highest BCUT2D eigenvalue weighted by Crippen LogP contribution is 2.49. The second-order valence-corrected chi connectivity index (χ2v) is 11.4. The van der Waals surface area contributed by atoms with E-state index in [1.165, 1.54) is 6.20 Å². The molecule has 0 radical (unpaired) electrons. The molecular weight excluding hydrogens is 454 g/mol. The van der Waals surface area contributed by atoms with Crippen molar-refractivity contribution in [2.45, 2.75) is 52.5 Å². The van der Waals surface area contributed by atoms with Crippen LogP contribution in [0.2, 0.25) is 5.02 Å². The lowest BCUT2D eigenvalue weighted by Crippen LogP contribution is -2.24. The predicted octanol–water partition coefficient (Wildman–Crippen LogP) is 3.36. The molecule has 4 atom stereocenters. The summed E-state index contributed by atoms with van der Waals surface area (Å²) in [5, 5.41) is 3.40. The highest BCUT2D eigenvalue weighted by molar-refractivity contribution is 6.33. The van der Waals surface area contributed by atoms with Gasteiger partial charge in [-0.2, -0.15) is 0 Å². The number of hydrogen-bond acceptors (Lipinski definition) is 4. The van der Waals surface area contributed by atoms with Crippen LogP contribution in [0.25, 0.3) is 11.1 Å². The number of amides is 3. The first-order valence-corrected chi connectivity index (χ1v) is 12.2. The first-order chi connectivity index (χ1) is 16.0. The molecule has 3 amide bonds. The van der Waals surface area contributed by atoms with Crippen molar-refractivity contribution < 1.29 is 14.4 Å². The summed E-state index contributed by atoms with van der Waals surface area (Å²) in [6.45, 7) is 5.00. The Bertz CT molecular complexity index is 1190. The van der Waals surface area contributed by atoms with Gasteiger partial charge in [-0.15, -0.1) is 0 Å². The zero-order valence-corrected chi connectivity index (χ0v) is 20.2. The van der Waals surface area contributed by atoms with Gasteiger partial charge in [0, 0.05) is 41.4 Å². The van der Waals surface area contributed by atoms with Crippen LogP contribution < -0.4 is 16.8 Å². The average Bonchev–Trinajstić information content (AvgIpc) is 3.46. The van der Waals surface area contributed by atoms with Crippen LogP contribution in [0.3, 0.4) is 0 Å². The minimum absolute atomic E-state index is 0.000155. The third-order valence-corrected chi connectivity index (χ3v) is 8.18. The lowest BCUT2D eigenvalue weighted by Gasteiger charge is -2.16. The summed E-state index contributed by atoms with van der Waals surface area (Å²) in [6, 6.07) is 3.55. The van der Waals surface area contributed by atoms with Gasteiger partial charge in [0.05, 0.1) is 5.02 Å². The molecule has 5 N–H and O–H groups in total. The standard InChI is InChI=1S/C25H30ClN5O3/c1-25(2)9-20-17(7-19(23(28)33)31(20)11-25)16-8-21(29-10-18(16)26)30-24(34)15-5-12-3-14(22(27)32)4-13(12)6-15/h7-8,10,12-15H,3-6,9,11H2,1-2H3,(H2,27,32)(H2,28,33)(H,29,30,34)/t12-,13+,14+,15+. The molecule has 1 aliphatic heterocycles. The van der Waals surface area contributed by atoms with E-state index in [9.17, 15) is 14.4 Å². The second kappa shape index (κ2) is 8.12. The Kier molecular flexibility index (Phi) is 5.47. The Balaban J connectivity index is 1.36. The van der Waals surface area contributed by atoms with Crippen molar-refractivity contribution >= 4 is 35.1 Å². The Morgan fingerprint density at radius 3 is 2.32 bits per heavy atom. The van der Waals surface area contributed by atoms with Gasteiger partial charge in [0.15, 0.2) is 0 Å². The molecule has 34 heavy (non-hydrogen) atoms. The Morgan fingerprint density at radius 2 is 1.71 bits per heavy atom. The molecule has 2 aromatic heterocycles. The largest absolute Gasteiger partial charge is 0.369 e. The van der Waals surface area contributed by atoms with Gasteiger partial charge in [-0.25, -0.2) is 4.98 Å². The maximum absolute atomic E-state index is 13.0. The molecule has 0 unspecified atom stereocenters. The quantitative estimate of drug-likeness (QED) is 0.601. The lowest BCUT2D eigenvalue weighted by atomic mass is 9.89. The zero-order valence-electron chi connectivity index (χ0n) is 19.4. The van der Waals surface area contributed by atoms with Crippen molar-refractivity contribution in [3.63, 3.8) is 0 Å². The summed E-state index contributed by atoms with van der Waals surface area (Å²) in [5.74, 6) is 0.247. The van der Waals surface area contributed by atoms with E-state index < -0.39 is 5.91 Å². The van der Waals surface area contributed by atoms with Gasteiger partial charge in [-0.1, -0.05) is 25.4 Å². The summed E-state index contributed by atoms with van der Waals surface area (Å²) in [4.78, 5) is 40.9. The second-order valence-electron chi connectivity index (χ2n) is 11.0. The molecule has 2 aliphatic carbocycles. The molecule has 180 valence electrons. The highest BCUT2D eigenvalue weighted by atomic mass is 35.5. The molecule has 2 aromatic rings. The van der Waals surface area contributed by atoms with Crippen molar-refractivity contribution in [1.82, 2.24) is 9.55 Å². The number of hydrogen-bond donors (Lipinski definition) is 3. The van der Waals surface area contributed by atoms with Crippen molar-refractivity contribution in [3.8, 4) is 11.1 Å². The maximum Gasteiger partial charge on any atom is 0.265 e. The first kappa shape index (κ1) is 22.9. The third kappa shape index (κ3) is 3.98. The molecule has 2 saturated carbocycles. The number of rotatable bonds is 5. The number of carbonyl (C=O) groups is 3. The van der Waals surface area contributed by atoms with Crippen molar-refractivity contribution in [2.75, 3.05) is 5.32 Å². The number of nitrogens with two attached hydrogens (primary N) is 2. The Hall–Kier alpha value is -2.87. The summed E-state index contributed by atoms with van der Waals surface area (Å²) < 4.78 is 1.98. The number of fused-ring (bicyclic) bond motifs is 2. The van der Waals surface area contributed by atoms with Gasteiger partial charge in [0.25, 0.3) is 5.91 Å². The van der Waals surface area contributed by atoms with Crippen molar-refractivity contribution in [2.24, 2.45) is 40.6 Å². The molecule has 2 fully saturated rings. The number of carbonyl (C=O) groups excluding carboxylic acids is 3. The first-order valence-electron chi connectivity index (χ1n) is 11.8. The summed E-state index contributed by atoms with van der Waals surface area (Å²) in [5.41, 5.74) is 14.1. The molecule has 8 nitrogen and oxygen atoms in total. The zero-order chi connectivity index (χ0) is 24.4. The summed E-state index contributed by atoms with van der Waals surface area (Å²) >= 11 is 6.52. The molecule has 0 aromatic carbocycles. The number of nitrogens with one attached hydrogen (secondary N) is 1. The normalized spacial score (nSPS) is 26.8. The topological polar surface area (TPSA) is 133 Å². The van der Waals surface area contributed by atoms with Crippen LogP contribution in [-0.4, -0.2) is 27.3 Å².